The maximum absolute atomic E-state index is 3.61. The molecule has 0 aliphatic carbocycles. The maximum atomic E-state index is 3.61. The first-order valence-corrected chi connectivity index (χ1v) is 16.0. The quantitative estimate of drug-likeness (QED) is 0.176. The van der Waals surface area contributed by atoms with E-state index in [4.69, 9.17) is 0 Å². The lowest BCUT2D eigenvalue weighted by Gasteiger charge is -2.33. The molecular weight excluding hydrogens is 694 g/mol. The molecule has 4 aromatic carbocycles. The number of hydrogen-bond donors (Lipinski definition) is 0. The maximum Gasteiger partial charge on any atom is 0.0175 e. The van der Waals surface area contributed by atoms with Crippen molar-refractivity contribution in [3.63, 3.8) is 0 Å². The van der Waals surface area contributed by atoms with Gasteiger partial charge in [0, 0.05) is 23.3 Å². The van der Waals surface area contributed by atoms with Gasteiger partial charge in [-0.15, -0.1) is 0 Å². The number of rotatable bonds is 6. The van der Waals surface area contributed by atoms with Crippen LogP contribution >= 0.6 is 79.6 Å². The Bertz CT molecular complexity index is 973. The molecule has 32 heavy (non-hydrogen) atoms. The summed E-state index contributed by atoms with van der Waals surface area (Å²) in [6.45, 7) is 2.44. The Morgan fingerprint density at radius 2 is 0.594 bits per heavy atom. The summed E-state index contributed by atoms with van der Waals surface area (Å²) in [5, 5.41) is 6.06. The Balaban J connectivity index is 1.85. The van der Waals surface area contributed by atoms with Crippen LogP contribution in [0.2, 0.25) is 0 Å². The molecule has 4 rings (SSSR count). The second-order valence-corrected chi connectivity index (χ2v) is 16.4. The molecule has 6 heteroatoms. The lowest BCUT2D eigenvalue weighted by molar-refractivity contribution is 1.38. The fourth-order valence-electron chi connectivity index (χ4n) is 3.68. The van der Waals surface area contributed by atoms with Crippen LogP contribution in [0.4, 0.5) is 0 Å². The molecule has 0 heterocycles. The van der Waals surface area contributed by atoms with Crippen LogP contribution in [0.1, 0.15) is 6.92 Å². The zero-order valence-electron chi connectivity index (χ0n) is 17.2. The Labute approximate surface area is 226 Å². The highest BCUT2D eigenvalue weighted by atomic mass is 79.9. The molecule has 0 atom stereocenters. The van der Waals surface area contributed by atoms with Crippen LogP contribution in [0.5, 0.6) is 0 Å². The monoisotopic (exact) mass is 710 g/mol. The lowest BCUT2D eigenvalue weighted by Crippen LogP contribution is -2.25. The average molecular weight is 714 g/mol. The first-order chi connectivity index (χ1) is 15.4. The third-order valence-electron chi connectivity index (χ3n) is 5.17. The van der Waals surface area contributed by atoms with Crippen molar-refractivity contribution in [2.45, 2.75) is 12.3 Å². The summed E-state index contributed by atoms with van der Waals surface area (Å²) in [5.41, 5.74) is 0. The molecule has 0 aliphatic heterocycles. The zero-order chi connectivity index (χ0) is 22.7. The molecule has 0 N–H and O–H groups in total. The molecule has 0 saturated carbocycles. The number of hydrogen-bond acceptors (Lipinski definition) is 0. The predicted octanol–water partition coefficient (Wildman–Crippen LogP) is 8.65. The van der Waals surface area contributed by atoms with Gasteiger partial charge in [-0.25, -0.2) is 0 Å². The van der Waals surface area contributed by atoms with E-state index >= 15 is 0 Å². The second-order valence-electron chi connectivity index (χ2n) is 7.28. The standard InChI is InChI=1S/C26H20Br4P2/c1-18(31(23-10-2-19(27)3-11-23)24-12-4-20(28)5-13-24)32(25-14-6-21(29)7-15-25)26-16-8-22(30)9-17-26/h2-18H,1H3. The van der Waals surface area contributed by atoms with Gasteiger partial charge >= 0.3 is 0 Å². The first kappa shape index (κ1) is 24.8. The third kappa shape index (κ3) is 6.01. The summed E-state index contributed by atoms with van der Waals surface area (Å²) in [4.78, 5) is 0. The summed E-state index contributed by atoms with van der Waals surface area (Å²) in [7, 11) is -1.15. The van der Waals surface area contributed by atoms with Crippen molar-refractivity contribution in [3.05, 3.63) is 115 Å². The topological polar surface area (TPSA) is 0 Å². The average Bonchev–Trinajstić information content (AvgIpc) is 2.79. The van der Waals surface area contributed by atoms with Gasteiger partial charge in [-0.2, -0.15) is 0 Å². The summed E-state index contributed by atoms with van der Waals surface area (Å²) in [6, 6.07) is 35.6. The smallest absolute Gasteiger partial charge is 0.0175 e. The predicted molar refractivity (Wildman–Crippen MR) is 158 cm³/mol. The van der Waals surface area contributed by atoms with Crippen LogP contribution in [0.25, 0.3) is 0 Å². The van der Waals surface area contributed by atoms with Crippen molar-refractivity contribution < 1.29 is 0 Å². The van der Waals surface area contributed by atoms with E-state index < -0.39 is 15.8 Å². The van der Waals surface area contributed by atoms with Crippen molar-refractivity contribution in [2.75, 3.05) is 0 Å². The second kappa shape index (κ2) is 11.4. The zero-order valence-corrected chi connectivity index (χ0v) is 25.4. The Morgan fingerprint density at radius 1 is 0.406 bits per heavy atom. The summed E-state index contributed by atoms with van der Waals surface area (Å²) < 4.78 is 4.45. The lowest BCUT2D eigenvalue weighted by atomic mass is 10.4. The van der Waals surface area contributed by atoms with E-state index in [0.29, 0.717) is 5.40 Å². The largest absolute Gasteiger partial charge is 0.0533 e. The summed E-state index contributed by atoms with van der Waals surface area (Å²) in [5.74, 6) is 0. The Kier molecular flexibility index (Phi) is 8.82. The van der Waals surface area contributed by atoms with Crippen molar-refractivity contribution in [1.82, 2.24) is 0 Å². The molecule has 0 spiro atoms. The molecule has 0 amide bonds. The molecule has 0 saturated heterocycles. The highest BCUT2D eigenvalue weighted by Gasteiger charge is 2.30. The molecule has 0 bridgehead atoms. The van der Waals surface area contributed by atoms with E-state index in [1.807, 2.05) is 0 Å². The van der Waals surface area contributed by atoms with Crippen molar-refractivity contribution in [3.8, 4) is 0 Å². The van der Waals surface area contributed by atoms with Crippen LogP contribution in [0.3, 0.4) is 0 Å². The van der Waals surface area contributed by atoms with Crippen LogP contribution in [-0.2, 0) is 0 Å². The number of halogens is 4. The summed E-state index contributed by atoms with van der Waals surface area (Å²) in [6.07, 6.45) is 0. The molecule has 0 radical (unpaired) electrons. The van der Waals surface area contributed by atoms with Gasteiger partial charge in [0.05, 0.1) is 0 Å². The fourth-order valence-corrected chi connectivity index (χ4v) is 11.5. The van der Waals surface area contributed by atoms with E-state index in [2.05, 4.69) is 168 Å². The SMILES string of the molecule is CC(P(c1ccc(Br)cc1)c1ccc(Br)cc1)P(c1ccc(Br)cc1)c1ccc(Br)cc1. The van der Waals surface area contributed by atoms with Crippen LogP contribution in [0.15, 0.2) is 115 Å². The van der Waals surface area contributed by atoms with Crippen molar-refractivity contribution in [1.29, 1.82) is 0 Å². The van der Waals surface area contributed by atoms with Gasteiger partial charge in [0.15, 0.2) is 0 Å². The molecular formula is C26H20Br4P2. The van der Waals surface area contributed by atoms with E-state index in [1.54, 1.807) is 0 Å². The van der Waals surface area contributed by atoms with Gasteiger partial charge in [0.25, 0.3) is 0 Å². The van der Waals surface area contributed by atoms with E-state index in [9.17, 15) is 0 Å². The first-order valence-electron chi connectivity index (χ1n) is 10.0. The van der Waals surface area contributed by atoms with Gasteiger partial charge in [0.2, 0.25) is 0 Å². The Hall–Kier alpha value is -0.340. The number of benzene rings is 4. The highest BCUT2D eigenvalue weighted by Crippen LogP contribution is 2.56. The van der Waals surface area contributed by atoms with E-state index in [1.165, 1.54) is 21.2 Å². The molecule has 0 fully saturated rings. The van der Waals surface area contributed by atoms with Crippen LogP contribution in [0, 0.1) is 0 Å². The normalized spacial score (nSPS) is 11.5. The van der Waals surface area contributed by atoms with Gasteiger partial charge < -0.3 is 0 Å². The van der Waals surface area contributed by atoms with Gasteiger partial charge in [-0.1, -0.05) is 119 Å². The molecule has 4 aromatic rings. The molecule has 162 valence electrons. The summed E-state index contributed by atoms with van der Waals surface area (Å²) >= 11 is 14.4. The fraction of sp³-hybridized carbons (Fsp3) is 0.0769. The minimum atomic E-state index is -0.575. The molecule has 0 nitrogen and oxygen atoms in total. The highest BCUT2D eigenvalue weighted by molar-refractivity contribution is 9.11. The van der Waals surface area contributed by atoms with Crippen LogP contribution in [-0.4, -0.2) is 5.40 Å². The van der Waals surface area contributed by atoms with E-state index in [-0.39, 0.29) is 0 Å². The van der Waals surface area contributed by atoms with Crippen molar-refractivity contribution >= 4 is 101 Å². The van der Waals surface area contributed by atoms with Gasteiger partial charge in [-0.05, 0) is 85.6 Å². The Morgan fingerprint density at radius 3 is 0.781 bits per heavy atom. The minimum Gasteiger partial charge on any atom is -0.0533 e. The van der Waals surface area contributed by atoms with Crippen molar-refractivity contribution in [2.24, 2.45) is 0 Å². The molecule has 0 aliphatic rings. The molecule has 0 unspecified atom stereocenters. The van der Waals surface area contributed by atoms with Crippen LogP contribution < -0.4 is 21.2 Å². The van der Waals surface area contributed by atoms with Gasteiger partial charge in [-0.3, -0.25) is 0 Å². The molecule has 0 aromatic heterocycles. The minimum absolute atomic E-state index is 0.449. The third-order valence-corrected chi connectivity index (χ3v) is 13.6. The van der Waals surface area contributed by atoms with E-state index in [0.717, 1.165) is 17.9 Å². The van der Waals surface area contributed by atoms with Gasteiger partial charge in [0.1, 0.15) is 0 Å².